The second-order valence-electron chi connectivity index (χ2n) is 5.16. The summed E-state index contributed by atoms with van der Waals surface area (Å²) in [4.78, 5) is 2.15. The van der Waals surface area contributed by atoms with E-state index in [1.807, 2.05) is 7.05 Å². The molecule has 1 aliphatic heterocycles. The Morgan fingerprint density at radius 3 is 2.80 bits per heavy atom. The molecule has 1 aliphatic rings. The van der Waals surface area contributed by atoms with Gasteiger partial charge in [-0.1, -0.05) is 6.07 Å². The van der Waals surface area contributed by atoms with Gasteiger partial charge in [-0.15, -0.1) is 0 Å². The van der Waals surface area contributed by atoms with Crippen LogP contribution in [0.5, 0.6) is 0 Å². The Kier molecular flexibility index (Phi) is 4.55. The molecule has 0 aliphatic carbocycles. The lowest BCUT2D eigenvalue weighted by molar-refractivity contribution is -0.137. The van der Waals surface area contributed by atoms with E-state index in [1.54, 1.807) is 6.92 Å². The summed E-state index contributed by atoms with van der Waals surface area (Å²) in [5.41, 5.74) is 0.672. The molecule has 1 heterocycles. The van der Waals surface area contributed by atoms with Crippen molar-refractivity contribution < 1.29 is 17.9 Å². The van der Waals surface area contributed by atoms with Crippen LogP contribution in [0.4, 0.5) is 18.9 Å². The molecule has 1 unspecified atom stereocenters. The maximum atomic E-state index is 12.7. The first-order valence-electron chi connectivity index (χ1n) is 6.58. The predicted octanol–water partition coefficient (Wildman–Crippen LogP) is 2.76. The van der Waals surface area contributed by atoms with Crippen LogP contribution in [0.3, 0.4) is 0 Å². The zero-order chi connectivity index (χ0) is 14.8. The fraction of sp³-hybridized carbons (Fsp3) is 0.571. The Morgan fingerprint density at radius 1 is 1.40 bits per heavy atom. The van der Waals surface area contributed by atoms with Gasteiger partial charge in [0.05, 0.1) is 18.3 Å². The van der Waals surface area contributed by atoms with Crippen molar-refractivity contribution in [3.05, 3.63) is 29.3 Å². The van der Waals surface area contributed by atoms with Gasteiger partial charge in [0, 0.05) is 25.3 Å². The monoisotopic (exact) mass is 288 g/mol. The number of likely N-dealkylation sites (N-methyl/N-ethyl adjacent to an activating group) is 1. The topological polar surface area (TPSA) is 24.5 Å². The van der Waals surface area contributed by atoms with Gasteiger partial charge in [0.2, 0.25) is 0 Å². The molecule has 20 heavy (non-hydrogen) atoms. The molecule has 0 radical (unpaired) electrons. The minimum Gasteiger partial charge on any atom is -0.382 e. The molecule has 0 aromatic heterocycles. The molecule has 1 saturated heterocycles. The summed E-state index contributed by atoms with van der Waals surface area (Å²) >= 11 is 0. The van der Waals surface area contributed by atoms with Gasteiger partial charge in [-0.25, -0.2) is 0 Å². The van der Waals surface area contributed by atoms with Gasteiger partial charge in [0.1, 0.15) is 0 Å². The van der Waals surface area contributed by atoms with Crippen molar-refractivity contribution in [1.82, 2.24) is 4.90 Å². The Balaban J connectivity index is 2.01. The largest absolute Gasteiger partial charge is 0.416 e. The highest BCUT2D eigenvalue weighted by molar-refractivity contribution is 5.53. The van der Waals surface area contributed by atoms with Crippen molar-refractivity contribution in [3.8, 4) is 0 Å². The van der Waals surface area contributed by atoms with Gasteiger partial charge in [0.15, 0.2) is 0 Å². The SMILES string of the molecule is Cc1ccc(C(F)(F)F)cc1NCC1CN(C)CCO1. The van der Waals surface area contributed by atoms with Gasteiger partial charge in [-0.3, -0.25) is 0 Å². The number of morpholine rings is 1. The van der Waals surface area contributed by atoms with E-state index in [0.717, 1.165) is 30.8 Å². The number of nitrogens with zero attached hydrogens (tertiary/aromatic N) is 1. The number of anilines is 1. The number of nitrogens with one attached hydrogen (secondary N) is 1. The maximum Gasteiger partial charge on any atom is 0.416 e. The highest BCUT2D eigenvalue weighted by Gasteiger charge is 2.30. The standard InChI is InChI=1S/C14H19F3N2O/c1-10-3-4-11(14(15,16)17)7-13(10)18-8-12-9-19(2)5-6-20-12/h3-4,7,12,18H,5-6,8-9H2,1-2H3. The molecule has 0 saturated carbocycles. The quantitative estimate of drug-likeness (QED) is 0.925. The van der Waals surface area contributed by atoms with Crippen LogP contribution in [-0.4, -0.2) is 44.3 Å². The molecule has 0 amide bonds. The third-order valence-corrected chi connectivity index (χ3v) is 3.43. The van der Waals surface area contributed by atoms with E-state index in [2.05, 4.69) is 10.2 Å². The lowest BCUT2D eigenvalue weighted by Gasteiger charge is -2.30. The first-order valence-corrected chi connectivity index (χ1v) is 6.58. The van der Waals surface area contributed by atoms with Crippen LogP contribution in [0.15, 0.2) is 18.2 Å². The summed E-state index contributed by atoms with van der Waals surface area (Å²) in [6.07, 6.45) is -4.31. The minimum atomic E-state index is -4.31. The molecule has 0 spiro atoms. The van der Waals surface area contributed by atoms with Crippen molar-refractivity contribution in [2.75, 3.05) is 38.6 Å². The van der Waals surface area contributed by atoms with Crippen molar-refractivity contribution in [2.45, 2.75) is 19.2 Å². The molecule has 1 fully saturated rings. The number of aryl methyl sites for hydroxylation is 1. The van der Waals surface area contributed by atoms with E-state index in [1.165, 1.54) is 6.07 Å². The van der Waals surface area contributed by atoms with Crippen LogP contribution in [0.2, 0.25) is 0 Å². The summed E-state index contributed by atoms with van der Waals surface area (Å²) in [5, 5.41) is 3.06. The van der Waals surface area contributed by atoms with E-state index in [-0.39, 0.29) is 6.10 Å². The molecule has 112 valence electrons. The molecule has 3 nitrogen and oxygen atoms in total. The third-order valence-electron chi connectivity index (χ3n) is 3.43. The number of hydrogen-bond donors (Lipinski definition) is 1. The van der Waals surface area contributed by atoms with Crippen molar-refractivity contribution in [3.63, 3.8) is 0 Å². The second-order valence-corrected chi connectivity index (χ2v) is 5.16. The van der Waals surface area contributed by atoms with E-state index in [0.29, 0.717) is 18.8 Å². The highest BCUT2D eigenvalue weighted by Crippen LogP contribution is 2.32. The Bertz CT molecular complexity index is 462. The van der Waals surface area contributed by atoms with Crippen molar-refractivity contribution in [1.29, 1.82) is 0 Å². The molecule has 6 heteroatoms. The van der Waals surface area contributed by atoms with Crippen LogP contribution in [-0.2, 0) is 10.9 Å². The molecule has 1 atom stereocenters. The van der Waals surface area contributed by atoms with Crippen LogP contribution >= 0.6 is 0 Å². The normalized spacial score (nSPS) is 20.9. The average molecular weight is 288 g/mol. The second kappa shape index (κ2) is 6.01. The van der Waals surface area contributed by atoms with Crippen molar-refractivity contribution >= 4 is 5.69 Å². The molecule has 0 bridgehead atoms. The maximum absolute atomic E-state index is 12.7. The molecule has 1 aromatic carbocycles. The lowest BCUT2D eigenvalue weighted by Crippen LogP contribution is -2.43. The molecule has 1 N–H and O–H groups in total. The van der Waals surface area contributed by atoms with Gasteiger partial charge in [0.25, 0.3) is 0 Å². The summed E-state index contributed by atoms with van der Waals surface area (Å²) in [7, 11) is 2.01. The number of halogens is 3. The average Bonchev–Trinajstić information content (AvgIpc) is 2.36. The van der Waals surface area contributed by atoms with E-state index < -0.39 is 11.7 Å². The van der Waals surface area contributed by atoms with Gasteiger partial charge in [-0.05, 0) is 31.7 Å². The number of benzene rings is 1. The summed E-state index contributed by atoms with van der Waals surface area (Å²) < 4.78 is 43.6. The van der Waals surface area contributed by atoms with Gasteiger partial charge in [-0.2, -0.15) is 13.2 Å². The smallest absolute Gasteiger partial charge is 0.382 e. The minimum absolute atomic E-state index is 0.00249. The Hall–Kier alpha value is -1.27. The summed E-state index contributed by atoms with van der Waals surface area (Å²) in [6.45, 7) is 4.62. The number of alkyl halides is 3. The molecular weight excluding hydrogens is 269 g/mol. The summed E-state index contributed by atoms with van der Waals surface area (Å²) in [5.74, 6) is 0. The zero-order valence-corrected chi connectivity index (χ0v) is 11.6. The van der Waals surface area contributed by atoms with Gasteiger partial charge < -0.3 is 15.0 Å². The zero-order valence-electron chi connectivity index (χ0n) is 11.6. The molecular formula is C14H19F3N2O. The van der Waals surface area contributed by atoms with Crippen LogP contribution in [0.1, 0.15) is 11.1 Å². The lowest BCUT2D eigenvalue weighted by atomic mass is 10.1. The molecule has 2 rings (SSSR count). The fourth-order valence-electron chi connectivity index (χ4n) is 2.20. The van der Waals surface area contributed by atoms with Crippen LogP contribution < -0.4 is 5.32 Å². The number of hydrogen-bond acceptors (Lipinski definition) is 3. The van der Waals surface area contributed by atoms with Crippen LogP contribution in [0.25, 0.3) is 0 Å². The van der Waals surface area contributed by atoms with Gasteiger partial charge >= 0.3 is 6.18 Å². The van der Waals surface area contributed by atoms with E-state index in [4.69, 9.17) is 4.74 Å². The first-order chi connectivity index (χ1) is 9.36. The predicted molar refractivity (Wildman–Crippen MR) is 71.9 cm³/mol. The highest BCUT2D eigenvalue weighted by atomic mass is 19.4. The third kappa shape index (κ3) is 3.86. The number of rotatable bonds is 3. The Labute approximate surface area is 116 Å². The van der Waals surface area contributed by atoms with E-state index in [9.17, 15) is 13.2 Å². The summed E-state index contributed by atoms with van der Waals surface area (Å²) in [6, 6.07) is 3.74. The fourth-order valence-corrected chi connectivity index (χ4v) is 2.20. The number of ether oxygens (including phenoxy) is 1. The van der Waals surface area contributed by atoms with Crippen molar-refractivity contribution in [2.24, 2.45) is 0 Å². The first kappa shape index (κ1) is 15.1. The Morgan fingerprint density at radius 2 is 2.15 bits per heavy atom. The van der Waals surface area contributed by atoms with E-state index >= 15 is 0 Å². The molecule has 1 aromatic rings. The van der Waals surface area contributed by atoms with Crippen LogP contribution in [0, 0.1) is 6.92 Å².